The third kappa shape index (κ3) is 4.52. The molecule has 120 valence electrons. The molecule has 1 aromatic heterocycles. The van der Waals surface area contributed by atoms with Gasteiger partial charge in [0.1, 0.15) is 18.1 Å². The zero-order valence-corrected chi connectivity index (χ0v) is 15.1. The maximum absolute atomic E-state index is 6.23. The Morgan fingerprint density at radius 2 is 1.91 bits per heavy atom. The molecule has 0 aliphatic carbocycles. The second-order valence-electron chi connectivity index (χ2n) is 6.65. The van der Waals surface area contributed by atoms with Gasteiger partial charge in [-0.25, -0.2) is 0 Å². The predicted octanol–water partition coefficient (Wildman–Crippen LogP) is 4.71. The van der Waals surface area contributed by atoms with E-state index in [2.05, 4.69) is 32.2 Å². The summed E-state index contributed by atoms with van der Waals surface area (Å²) in [4.78, 5) is 0. The number of hydrogen-bond acceptors (Lipinski definition) is 1. The summed E-state index contributed by atoms with van der Waals surface area (Å²) in [6.07, 6.45) is 1.03. The van der Waals surface area contributed by atoms with E-state index in [1.807, 2.05) is 25.1 Å². The number of aryl methyl sites for hydroxylation is 1. The predicted molar refractivity (Wildman–Crippen MR) is 92.6 cm³/mol. The van der Waals surface area contributed by atoms with Gasteiger partial charge in [0.25, 0.3) is 0 Å². The van der Waals surface area contributed by atoms with Crippen molar-refractivity contribution in [3.63, 3.8) is 0 Å². The number of rotatable bonds is 6. The molecule has 1 heterocycles. The number of hydrogen-bond donors (Lipinski definition) is 1. The van der Waals surface area contributed by atoms with Gasteiger partial charge in [-0.2, -0.15) is 0 Å². The molecule has 2 nitrogen and oxygen atoms in total. The number of halogens is 2. The largest absolute Gasteiger partial charge is 0.466 e. The monoisotopic (exact) mass is 340 g/mol. The molecule has 0 spiro atoms. The van der Waals surface area contributed by atoms with E-state index in [1.54, 1.807) is 6.07 Å². The summed E-state index contributed by atoms with van der Waals surface area (Å²) in [5.74, 6) is 2.02. The van der Waals surface area contributed by atoms with Gasteiger partial charge in [0, 0.05) is 22.4 Å². The highest BCUT2D eigenvalue weighted by Gasteiger charge is 2.28. The number of nitrogens with two attached hydrogens (primary N) is 1. The first-order valence-electron chi connectivity index (χ1n) is 7.62. The Morgan fingerprint density at radius 1 is 1.18 bits per heavy atom. The molecule has 0 amide bonds. The fourth-order valence-corrected chi connectivity index (χ4v) is 3.29. The molecule has 0 aliphatic heterocycles. The molecule has 4 heteroatoms. The van der Waals surface area contributed by atoms with Crippen LogP contribution in [0.15, 0.2) is 34.7 Å². The van der Waals surface area contributed by atoms with Crippen LogP contribution in [0.1, 0.15) is 44.3 Å². The highest BCUT2D eigenvalue weighted by Crippen LogP contribution is 2.29. The van der Waals surface area contributed by atoms with Crippen LogP contribution < -0.4 is 5.32 Å². The maximum atomic E-state index is 6.23. The molecule has 2 N–H and O–H groups in total. The summed E-state index contributed by atoms with van der Waals surface area (Å²) < 4.78 is 5.79. The second-order valence-corrected chi connectivity index (χ2v) is 7.49. The Balaban J connectivity index is 1.93. The first-order chi connectivity index (χ1) is 10.3. The first kappa shape index (κ1) is 17.4. The van der Waals surface area contributed by atoms with Crippen molar-refractivity contribution in [1.29, 1.82) is 0 Å². The van der Waals surface area contributed by atoms with Gasteiger partial charge in [-0.3, -0.25) is 0 Å². The summed E-state index contributed by atoms with van der Waals surface area (Å²) in [6, 6.07) is 10.3. The summed E-state index contributed by atoms with van der Waals surface area (Å²) in [6.45, 7) is 9.53. The van der Waals surface area contributed by atoms with E-state index in [1.165, 1.54) is 0 Å². The van der Waals surface area contributed by atoms with Gasteiger partial charge in [-0.1, -0.05) is 43.1 Å². The van der Waals surface area contributed by atoms with E-state index in [-0.39, 0.29) is 5.41 Å². The fourth-order valence-electron chi connectivity index (χ4n) is 2.80. The molecule has 2 rings (SSSR count). The minimum Gasteiger partial charge on any atom is -0.466 e. The normalized spacial score (nSPS) is 13.4. The Kier molecular flexibility index (Phi) is 5.60. The zero-order chi connectivity index (χ0) is 16.3. The van der Waals surface area contributed by atoms with Crippen molar-refractivity contribution < 1.29 is 9.73 Å². The Bertz CT molecular complexity index is 634. The van der Waals surface area contributed by atoms with Gasteiger partial charge >= 0.3 is 0 Å². The van der Waals surface area contributed by atoms with Crippen molar-refractivity contribution in [3.05, 3.63) is 57.5 Å². The number of furan rings is 1. The van der Waals surface area contributed by atoms with Crippen LogP contribution in [0.2, 0.25) is 10.0 Å². The molecule has 0 bridgehead atoms. The zero-order valence-electron chi connectivity index (χ0n) is 13.6. The summed E-state index contributed by atoms with van der Waals surface area (Å²) in [7, 11) is 0. The minimum atomic E-state index is 0.0218. The van der Waals surface area contributed by atoms with E-state index in [9.17, 15) is 0 Å². The van der Waals surface area contributed by atoms with Crippen molar-refractivity contribution in [2.45, 2.75) is 52.1 Å². The molecule has 0 fully saturated rings. The van der Waals surface area contributed by atoms with Gasteiger partial charge in [-0.15, -0.1) is 0 Å². The van der Waals surface area contributed by atoms with Crippen molar-refractivity contribution >= 4 is 23.2 Å². The van der Waals surface area contributed by atoms with Gasteiger partial charge in [0.15, 0.2) is 0 Å². The van der Waals surface area contributed by atoms with Crippen molar-refractivity contribution in [2.24, 2.45) is 0 Å². The molecule has 0 saturated heterocycles. The van der Waals surface area contributed by atoms with Crippen molar-refractivity contribution in [2.75, 3.05) is 0 Å². The highest BCUT2D eigenvalue weighted by molar-refractivity contribution is 6.35. The number of quaternary nitrogens is 1. The third-order valence-electron chi connectivity index (χ3n) is 3.99. The molecule has 0 unspecified atom stereocenters. The van der Waals surface area contributed by atoms with E-state index in [4.69, 9.17) is 27.6 Å². The minimum absolute atomic E-state index is 0.0218. The third-order valence-corrected chi connectivity index (χ3v) is 4.58. The molecule has 0 saturated carbocycles. The van der Waals surface area contributed by atoms with Gasteiger partial charge < -0.3 is 9.73 Å². The summed E-state index contributed by atoms with van der Waals surface area (Å²) >= 11 is 12.2. The summed E-state index contributed by atoms with van der Waals surface area (Å²) in [5, 5.41) is 3.72. The molecule has 1 aromatic carbocycles. The van der Waals surface area contributed by atoms with E-state index < -0.39 is 0 Å². The summed E-state index contributed by atoms with van der Waals surface area (Å²) in [5.41, 5.74) is 1.14. The maximum Gasteiger partial charge on any atom is 0.109 e. The Labute approximate surface area is 142 Å². The SMILES string of the molecule is Cc1ccc(C(C)(C)C[C@H](C)[NH2+]Cc2ccc(Cl)cc2Cl)o1. The van der Waals surface area contributed by atoms with Gasteiger partial charge in [0.05, 0.1) is 11.1 Å². The number of benzene rings is 1. The second kappa shape index (κ2) is 7.08. The topological polar surface area (TPSA) is 29.8 Å². The van der Waals surface area contributed by atoms with Crippen LogP contribution >= 0.6 is 23.2 Å². The quantitative estimate of drug-likeness (QED) is 0.810. The smallest absolute Gasteiger partial charge is 0.109 e. The standard InChI is InChI=1S/C18H23Cl2NO/c1-12(10-18(3,4)17-8-5-13(2)22-17)21-11-14-6-7-15(19)9-16(14)20/h5-9,12,21H,10-11H2,1-4H3/p+1/t12-/m0/s1. The fraction of sp³-hybridized carbons (Fsp3) is 0.444. The molecule has 2 aromatic rings. The van der Waals surface area contributed by atoms with Gasteiger partial charge in [0.2, 0.25) is 0 Å². The van der Waals surface area contributed by atoms with Crippen molar-refractivity contribution in [3.8, 4) is 0 Å². The lowest BCUT2D eigenvalue weighted by molar-refractivity contribution is -0.702. The average Bonchev–Trinajstić information content (AvgIpc) is 2.85. The van der Waals surface area contributed by atoms with Crippen molar-refractivity contribution in [1.82, 2.24) is 0 Å². The Hall–Kier alpha value is -0.960. The lowest BCUT2D eigenvalue weighted by Crippen LogP contribution is -2.88. The van der Waals surface area contributed by atoms with Crippen LogP contribution in [0, 0.1) is 6.92 Å². The molecule has 1 atom stereocenters. The van der Waals surface area contributed by atoms with Crippen LogP contribution in [0.5, 0.6) is 0 Å². The van der Waals surface area contributed by atoms with Gasteiger partial charge in [-0.05, 0) is 38.1 Å². The van der Waals surface area contributed by atoms with E-state index >= 15 is 0 Å². The van der Waals surface area contributed by atoms with Crippen LogP contribution in [-0.4, -0.2) is 6.04 Å². The average molecular weight is 341 g/mol. The van der Waals surface area contributed by atoms with E-state index in [0.29, 0.717) is 11.1 Å². The molecular weight excluding hydrogens is 317 g/mol. The first-order valence-corrected chi connectivity index (χ1v) is 8.38. The van der Waals surface area contributed by atoms with Crippen LogP contribution in [0.4, 0.5) is 0 Å². The Morgan fingerprint density at radius 3 is 2.50 bits per heavy atom. The van der Waals surface area contributed by atoms with Crippen LogP contribution in [-0.2, 0) is 12.0 Å². The molecule has 22 heavy (non-hydrogen) atoms. The molecule has 0 aliphatic rings. The van der Waals surface area contributed by atoms with E-state index in [0.717, 1.165) is 35.1 Å². The lowest BCUT2D eigenvalue weighted by atomic mass is 9.83. The molecule has 0 radical (unpaired) electrons. The highest BCUT2D eigenvalue weighted by atomic mass is 35.5. The molecular formula is C18H24Cl2NO+. The van der Waals surface area contributed by atoms with Crippen LogP contribution in [0.25, 0.3) is 0 Å². The lowest BCUT2D eigenvalue weighted by Gasteiger charge is -2.25. The van der Waals surface area contributed by atoms with Crippen LogP contribution in [0.3, 0.4) is 0 Å².